The van der Waals surface area contributed by atoms with Crippen molar-refractivity contribution in [2.45, 2.75) is 172 Å². The largest absolute Gasteiger partial charge is 0.376 e. The first-order valence-corrected chi connectivity index (χ1v) is 16.1. The number of nitrogens with zero attached hydrogens (tertiary/aromatic N) is 2. The summed E-state index contributed by atoms with van der Waals surface area (Å²) >= 11 is 0. The van der Waals surface area contributed by atoms with Crippen LogP contribution in [0.15, 0.2) is 0 Å². The summed E-state index contributed by atoms with van der Waals surface area (Å²) in [6.45, 7) is 38.8. The van der Waals surface area contributed by atoms with Crippen molar-refractivity contribution in [2.24, 2.45) is 11.8 Å². The van der Waals surface area contributed by atoms with E-state index in [-0.39, 0.29) is 46.6 Å². The molecule has 0 aromatic heterocycles. The lowest BCUT2D eigenvalue weighted by Crippen LogP contribution is -2.52. The highest BCUT2D eigenvalue weighted by Crippen LogP contribution is 2.20. The number of rotatable bonds is 17. The highest BCUT2D eigenvalue weighted by Gasteiger charge is 2.34. The fourth-order valence-electron chi connectivity index (χ4n) is 3.96. The molecule has 0 atom stereocenters. The van der Waals surface area contributed by atoms with Crippen LogP contribution in [0.4, 0.5) is 0 Å². The smallest absolute Gasteiger partial charge is 0.155 e. The van der Waals surface area contributed by atoms with E-state index in [0.29, 0.717) is 37.5 Å². The van der Waals surface area contributed by atoms with Crippen LogP contribution in [0.3, 0.4) is 0 Å². The van der Waals surface area contributed by atoms with Crippen LogP contribution in [-0.4, -0.2) is 96.3 Å². The lowest BCUT2D eigenvalue weighted by Gasteiger charge is -2.38. The van der Waals surface area contributed by atoms with Gasteiger partial charge in [-0.25, -0.2) is 0 Å². The van der Waals surface area contributed by atoms with Gasteiger partial charge in [-0.2, -0.15) is 0 Å². The van der Waals surface area contributed by atoms with Gasteiger partial charge in [0.15, 0.2) is 5.78 Å². The van der Waals surface area contributed by atoms with E-state index < -0.39 is 0 Å². The monoisotopic (exact) mass is 603 g/mol. The molecule has 0 aliphatic carbocycles. The summed E-state index contributed by atoms with van der Waals surface area (Å²) in [5.74, 6) is 0.781. The molecule has 0 aliphatic heterocycles. The van der Waals surface area contributed by atoms with Gasteiger partial charge in [-0.15, -0.1) is 0 Å². The fourth-order valence-corrected chi connectivity index (χ4v) is 3.96. The van der Waals surface area contributed by atoms with Crippen LogP contribution in [0.5, 0.6) is 0 Å². The van der Waals surface area contributed by atoms with Gasteiger partial charge in [0, 0.05) is 36.9 Å². The molecule has 7 heteroatoms. The molecule has 42 heavy (non-hydrogen) atoms. The molecule has 0 bridgehead atoms. The van der Waals surface area contributed by atoms with Crippen molar-refractivity contribution in [3.05, 3.63) is 0 Å². The van der Waals surface area contributed by atoms with Gasteiger partial charge < -0.3 is 19.1 Å². The van der Waals surface area contributed by atoms with Gasteiger partial charge in [-0.3, -0.25) is 14.5 Å². The normalized spacial score (nSPS) is 13.0. The molecule has 0 saturated heterocycles. The van der Waals surface area contributed by atoms with Crippen LogP contribution < -0.4 is 0 Å². The Morgan fingerprint density at radius 1 is 0.667 bits per heavy atom. The van der Waals surface area contributed by atoms with E-state index in [1.807, 2.05) is 90.1 Å². The van der Waals surface area contributed by atoms with Crippen LogP contribution in [0.2, 0.25) is 0 Å². The maximum Gasteiger partial charge on any atom is 0.155 e. The predicted octanol–water partition coefficient (Wildman–Crippen LogP) is 7.68. The molecular weight excluding hydrogens is 528 g/mol. The van der Waals surface area contributed by atoms with Crippen molar-refractivity contribution in [3.63, 3.8) is 0 Å². The molecule has 0 radical (unpaired) electrons. The van der Waals surface area contributed by atoms with Crippen LogP contribution in [0, 0.1) is 11.8 Å². The number of hydrogen-bond acceptors (Lipinski definition) is 7. The van der Waals surface area contributed by atoms with Crippen molar-refractivity contribution < 1.29 is 23.8 Å². The van der Waals surface area contributed by atoms with E-state index in [1.54, 1.807) is 0 Å². The summed E-state index contributed by atoms with van der Waals surface area (Å²) in [6.07, 6.45) is 1.03. The summed E-state index contributed by atoms with van der Waals surface area (Å²) in [7, 11) is 4.09. The van der Waals surface area contributed by atoms with E-state index >= 15 is 0 Å². The van der Waals surface area contributed by atoms with Crippen LogP contribution >= 0.6 is 0 Å². The molecule has 0 heterocycles. The summed E-state index contributed by atoms with van der Waals surface area (Å²) in [4.78, 5) is 27.9. The van der Waals surface area contributed by atoms with Gasteiger partial charge in [-0.1, -0.05) is 27.7 Å². The predicted molar refractivity (Wildman–Crippen MR) is 180 cm³/mol. The number of hydrogen-bond donors (Lipinski definition) is 0. The fraction of sp³-hybridized carbons (Fsp3) is 0.943. The van der Waals surface area contributed by atoms with Gasteiger partial charge in [0.1, 0.15) is 5.78 Å². The average molecular weight is 603 g/mol. The molecule has 0 unspecified atom stereocenters. The summed E-state index contributed by atoms with van der Waals surface area (Å²) in [6, 6.07) is 0.928. The Balaban J connectivity index is -0.000000554. The zero-order valence-corrected chi connectivity index (χ0v) is 31.7. The lowest BCUT2D eigenvalue weighted by atomic mass is 9.89. The highest BCUT2D eigenvalue weighted by atomic mass is 16.6. The van der Waals surface area contributed by atoms with E-state index in [1.165, 1.54) is 0 Å². The Labute approximate surface area is 262 Å². The molecule has 0 fully saturated rings. The lowest BCUT2D eigenvalue weighted by molar-refractivity contribution is -0.132. The van der Waals surface area contributed by atoms with Crippen LogP contribution in [0.1, 0.15) is 131 Å². The minimum atomic E-state index is -0.348. The average Bonchev–Trinajstić information content (AvgIpc) is 2.81. The summed E-state index contributed by atoms with van der Waals surface area (Å²) in [5, 5.41) is 0. The second-order valence-electron chi connectivity index (χ2n) is 15.0. The third-order valence-electron chi connectivity index (χ3n) is 7.16. The second-order valence-corrected chi connectivity index (χ2v) is 15.0. The summed E-state index contributed by atoms with van der Waals surface area (Å²) in [5.41, 5.74) is -0.861. The molecule has 0 aromatic rings. The zero-order valence-electron chi connectivity index (χ0n) is 31.7. The molecule has 7 nitrogen and oxygen atoms in total. The van der Waals surface area contributed by atoms with Crippen molar-refractivity contribution in [3.8, 4) is 0 Å². The van der Waals surface area contributed by atoms with Gasteiger partial charge >= 0.3 is 0 Å². The Morgan fingerprint density at radius 2 is 1.14 bits per heavy atom. The molecule has 0 aromatic carbocycles. The van der Waals surface area contributed by atoms with Gasteiger partial charge in [0.2, 0.25) is 0 Å². The van der Waals surface area contributed by atoms with Crippen molar-refractivity contribution in [1.29, 1.82) is 0 Å². The topological polar surface area (TPSA) is 68.3 Å². The number of ketones is 2. The minimum absolute atomic E-state index is 0.0937. The van der Waals surface area contributed by atoms with E-state index in [4.69, 9.17) is 14.2 Å². The maximum absolute atomic E-state index is 11.9. The Morgan fingerprint density at radius 3 is 1.48 bits per heavy atom. The molecule has 0 aliphatic rings. The van der Waals surface area contributed by atoms with Crippen molar-refractivity contribution in [1.82, 2.24) is 9.80 Å². The first-order valence-electron chi connectivity index (χ1n) is 16.1. The number of Topliss-reactive ketones (excluding diaryl/α,β-unsaturated/α-hetero) is 2. The number of carbonyl (C=O) groups excluding carboxylic acids is 2. The number of likely N-dealkylation sites (N-methyl/N-ethyl adjacent to an activating group) is 2. The first kappa shape index (κ1) is 45.6. The number of ether oxygens (including phenoxy) is 3. The van der Waals surface area contributed by atoms with E-state index in [9.17, 15) is 9.59 Å². The maximum atomic E-state index is 11.9. The summed E-state index contributed by atoms with van der Waals surface area (Å²) < 4.78 is 17.0. The second kappa shape index (κ2) is 21.0. The molecule has 0 rings (SSSR count). The standard InChI is InChI=1S/C14H29NO2.C11H23NO.C10H22O2/c1-11(2)13(16)10-14(5,6)17-9-8-15(7)12(3)4;1-8(2)10(13)11(5,6)12(7)9(3)4;1-8(2)11-7-10(5,6)12-9(3)4/h11-12H,8-10H2,1-7H3;8-9H,1-7H3;8-9H,7H2,1-6H3. The molecule has 0 saturated carbocycles. The van der Waals surface area contributed by atoms with Crippen LogP contribution in [0.25, 0.3) is 0 Å². The third-order valence-corrected chi connectivity index (χ3v) is 7.16. The molecule has 0 N–H and O–H groups in total. The Bertz CT molecular complexity index is 725. The third kappa shape index (κ3) is 22.6. The van der Waals surface area contributed by atoms with E-state index in [0.717, 1.165) is 6.54 Å². The highest BCUT2D eigenvalue weighted by molar-refractivity contribution is 5.89. The first-order chi connectivity index (χ1) is 18.7. The van der Waals surface area contributed by atoms with Crippen molar-refractivity contribution >= 4 is 11.6 Å². The van der Waals surface area contributed by atoms with Gasteiger partial charge in [0.05, 0.1) is 42.2 Å². The zero-order chi connectivity index (χ0) is 34.2. The van der Waals surface area contributed by atoms with E-state index in [2.05, 4.69) is 58.4 Å². The minimum Gasteiger partial charge on any atom is -0.376 e. The number of carbonyl (C=O) groups is 2. The van der Waals surface area contributed by atoms with Crippen LogP contribution in [-0.2, 0) is 23.8 Å². The molecule has 0 spiro atoms. The van der Waals surface area contributed by atoms with Gasteiger partial charge in [-0.05, 0) is 111 Å². The quantitative estimate of drug-likeness (QED) is 0.169. The Hall–Kier alpha value is -0.860. The van der Waals surface area contributed by atoms with Gasteiger partial charge in [0.25, 0.3) is 0 Å². The SMILES string of the molecule is CC(C)C(=O)C(C)(C)N(C)C(C)C.CC(C)C(=O)CC(C)(C)OCCN(C)C(C)C.CC(C)OCC(C)(C)OC(C)C. The Kier molecular flexibility index (Phi) is 22.8. The van der Waals surface area contributed by atoms with Crippen molar-refractivity contribution in [2.75, 3.05) is 33.9 Å². The molecule has 254 valence electrons. The molecule has 0 amide bonds. The molecular formula is C35H74N2O5.